The lowest BCUT2D eigenvalue weighted by Crippen LogP contribution is -2.14. The van der Waals surface area contributed by atoms with Crippen LogP contribution in [-0.2, 0) is 9.59 Å². The van der Waals surface area contributed by atoms with Gasteiger partial charge in [0.1, 0.15) is 0 Å². The molecule has 0 heterocycles. The predicted molar refractivity (Wildman–Crippen MR) is 35.1 cm³/mol. The quantitative estimate of drug-likeness (QED) is 0.515. The molecular formula is C6H10O5. The van der Waals surface area contributed by atoms with Crippen molar-refractivity contribution < 1.29 is 24.9 Å². The third kappa shape index (κ3) is 6.79. The Morgan fingerprint density at radius 1 is 1.18 bits per heavy atom. The molecular weight excluding hydrogens is 152 g/mol. The van der Waals surface area contributed by atoms with Crippen LogP contribution in [0.15, 0.2) is 0 Å². The molecule has 3 N–H and O–H groups in total. The molecule has 11 heavy (non-hydrogen) atoms. The van der Waals surface area contributed by atoms with Gasteiger partial charge in [-0.25, -0.2) is 0 Å². The van der Waals surface area contributed by atoms with E-state index in [2.05, 4.69) is 0 Å². The molecule has 64 valence electrons. The molecule has 0 aromatic rings. The average Bonchev–Trinajstić information content (AvgIpc) is 1.82. The highest BCUT2D eigenvalue weighted by Crippen LogP contribution is 2.00. The van der Waals surface area contributed by atoms with E-state index in [-0.39, 0.29) is 12.8 Å². The van der Waals surface area contributed by atoms with Crippen molar-refractivity contribution in [2.24, 2.45) is 0 Å². The molecule has 0 amide bonds. The van der Waals surface area contributed by atoms with Gasteiger partial charge in [-0.15, -0.1) is 0 Å². The number of hydrogen-bond donors (Lipinski definition) is 3. The lowest BCUT2D eigenvalue weighted by atomic mass is 10.1. The Bertz CT molecular complexity index is 153. The maximum absolute atomic E-state index is 9.95. The Hall–Kier alpha value is -1.10. The molecule has 0 saturated carbocycles. The molecule has 0 aliphatic rings. The number of hydrogen-bond acceptors (Lipinski definition) is 3. The number of carboxylic acids is 2. The van der Waals surface area contributed by atoms with Gasteiger partial charge in [-0.05, 0) is 6.42 Å². The Balaban J connectivity index is 3.44. The van der Waals surface area contributed by atoms with Crippen LogP contribution in [0.5, 0.6) is 0 Å². The largest absolute Gasteiger partial charge is 0.481 e. The minimum absolute atomic E-state index is 0.0123. The summed E-state index contributed by atoms with van der Waals surface area (Å²) in [6.07, 6.45) is -1.66. The zero-order chi connectivity index (χ0) is 8.85. The van der Waals surface area contributed by atoms with Crippen LogP contribution in [0.25, 0.3) is 0 Å². The zero-order valence-corrected chi connectivity index (χ0v) is 5.86. The van der Waals surface area contributed by atoms with Gasteiger partial charge in [-0.3, -0.25) is 9.59 Å². The summed E-state index contributed by atoms with van der Waals surface area (Å²) in [5.74, 6) is -2.16. The molecule has 5 heteroatoms. The van der Waals surface area contributed by atoms with Crippen molar-refractivity contribution in [1.29, 1.82) is 0 Å². The smallest absolute Gasteiger partial charge is 0.305 e. The first-order chi connectivity index (χ1) is 5.02. The topological polar surface area (TPSA) is 94.8 Å². The van der Waals surface area contributed by atoms with Gasteiger partial charge in [0.2, 0.25) is 0 Å². The summed E-state index contributed by atoms with van der Waals surface area (Å²) >= 11 is 0. The highest BCUT2D eigenvalue weighted by molar-refractivity contribution is 5.68. The number of aliphatic hydroxyl groups excluding tert-OH is 1. The van der Waals surface area contributed by atoms with Crippen LogP contribution in [0.2, 0.25) is 0 Å². The molecule has 0 unspecified atom stereocenters. The van der Waals surface area contributed by atoms with E-state index in [1.54, 1.807) is 0 Å². The van der Waals surface area contributed by atoms with Gasteiger partial charge >= 0.3 is 11.9 Å². The van der Waals surface area contributed by atoms with Crippen LogP contribution in [-0.4, -0.2) is 33.4 Å². The minimum atomic E-state index is -1.12. The Morgan fingerprint density at radius 3 is 2.09 bits per heavy atom. The molecule has 0 saturated heterocycles. The maximum atomic E-state index is 9.95. The molecule has 0 rings (SSSR count). The van der Waals surface area contributed by atoms with Crippen molar-refractivity contribution in [3.63, 3.8) is 0 Å². The van der Waals surface area contributed by atoms with Crippen LogP contribution < -0.4 is 0 Å². The van der Waals surface area contributed by atoms with Gasteiger partial charge in [0, 0.05) is 6.42 Å². The molecule has 0 spiro atoms. The van der Waals surface area contributed by atoms with Crippen molar-refractivity contribution in [2.45, 2.75) is 25.4 Å². The second-order valence-corrected chi connectivity index (χ2v) is 2.18. The highest BCUT2D eigenvalue weighted by Gasteiger charge is 2.10. The fourth-order valence-corrected chi connectivity index (χ4v) is 0.594. The van der Waals surface area contributed by atoms with Crippen LogP contribution >= 0.6 is 0 Å². The molecule has 0 aliphatic heterocycles. The molecule has 0 aromatic heterocycles. The predicted octanol–water partition coefficient (Wildman–Crippen LogP) is -0.313. The third-order valence-electron chi connectivity index (χ3n) is 1.10. The molecule has 0 aromatic carbocycles. The van der Waals surface area contributed by atoms with E-state index in [0.29, 0.717) is 0 Å². The third-order valence-corrected chi connectivity index (χ3v) is 1.10. The van der Waals surface area contributed by atoms with Gasteiger partial charge in [0.05, 0.1) is 12.5 Å². The van der Waals surface area contributed by atoms with Crippen LogP contribution in [0.3, 0.4) is 0 Å². The summed E-state index contributed by atoms with van der Waals surface area (Å²) in [5, 5.41) is 25.1. The van der Waals surface area contributed by atoms with E-state index in [4.69, 9.17) is 15.3 Å². The molecule has 0 aliphatic carbocycles. The van der Waals surface area contributed by atoms with Crippen LogP contribution in [0.4, 0.5) is 0 Å². The van der Waals surface area contributed by atoms with Crippen molar-refractivity contribution in [3.8, 4) is 0 Å². The molecule has 0 bridgehead atoms. The Labute approximate surface area is 63.3 Å². The number of carbonyl (C=O) groups is 2. The number of aliphatic hydroxyl groups is 1. The van der Waals surface area contributed by atoms with Crippen molar-refractivity contribution in [2.75, 3.05) is 0 Å². The van der Waals surface area contributed by atoms with Crippen molar-refractivity contribution in [3.05, 3.63) is 0 Å². The van der Waals surface area contributed by atoms with Crippen LogP contribution in [0.1, 0.15) is 19.3 Å². The van der Waals surface area contributed by atoms with Crippen molar-refractivity contribution in [1.82, 2.24) is 0 Å². The van der Waals surface area contributed by atoms with Gasteiger partial charge in [0.25, 0.3) is 0 Å². The van der Waals surface area contributed by atoms with E-state index < -0.39 is 24.5 Å². The monoisotopic (exact) mass is 162 g/mol. The lowest BCUT2D eigenvalue weighted by Gasteiger charge is -2.03. The Kier molecular flexibility index (Phi) is 4.21. The summed E-state index contributed by atoms with van der Waals surface area (Å²) in [7, 11) is 0. The van der Waals surface area contributed by atoms with Gasteiger partial charge in [0.15, 0.2) is 0 Å². The van der Waals surface area contributed by atoms with Gasteiger partial charge < -0.3 is 15.3 Å². The van der Waals surface area contributed by atoms with Gasteiger partial charge in [-0.2, -0.15) is 0 Å². The molecule has 5 nitrogen and oxygen atoms in total. The maximum Gasteiger partial charge on any atom is 0.305 e. The fourth-order valence-electron chi connectivity index (χ4n) is 0.594. The summed E-state index contributed by atoms with van der Waals surface area (Å²) in [6, 6.07) is 0. The van der Waals surface area contributed by atoms with E-state index in [1.165, 1.54) is 0 Å². The first-order valence-corrected chi connectivity index (χ1v) is 3.14. The first-order valence-electron chi connectivity index (χ1n) is 3.14. The SMILES string of the molecule is O=C(O)CC[C@H](O)CC(=O)O. The van der Waals surface area contributed by atoms with Gasteiger partial charge in [-0.1, -0.05) is 0 Å². The number of aliphatic carboxylic acids is 2. The highest BCUT2D eigenvalue weighted by atomic mass is 16.4. The molecule has 1 atom stereocenters. The number of carboxylic acid groups (broad SMARTS) is 2. The second-order valence-electron chi connectivity index (χ2n) is 2.18. The van der Waals surface area contributed by atoms with Crippen molar-refractivity contribution >= 4 is 11.9 Å². The minimum Gasteiger partial charge on any atom is -0.481 e. The van der Waals surface area contributed by atoms with E-state index >= 15 is 0 Å². The number of rotatable bonds is 5. The Morgan fingerprint density at radius 2 is 1.73 bits per heavy atom. The summed E-state index contributed by atoms with van der Waals surface area (Å²) in [5.41, 5.74) is 0. The summed E-state index contributed by atoms with van der Waals surface area (Å²) < 4.78 is 0. The van der Waals surface area contributed by atoms with E-state index in [0.717, 1.165) is 0 Å². The standard InChI is InChI=1S/C6H10O5/c7-4(3-6(10)11)1-2-5(8)9/h4,7H,1-3H2,(H,8,9)(H,10,11)/t4-/m0/s1. The lowest BCUT2D eigenvalue weighted by molar-refractivity contribution is -0.141. The molecule has 0 radical (unpaired) electrons. The normalized spacial score (nSPS) is 12.5. The summed E-state index contributed by atoms with van der Waals surface area (Å²) in [6.45, 7) is 0. The first kappa shape index (κ1) is 9.90. The zero-order valence-electron chi connectivity index (χ0n) is 5.86. The van der Waals surface area contributed by atoms with E-state index in [1.807, 2.05) is 0 Å². The fraction of sp³-hybridized carbons (Fsp3) is 0.667. The average molecular weight is 162 g/mol. The summed E-state index contributed by atoms with van der Waals surface area (Å²) in [4.78, 5) is 19.9. The second kappa shape index (κ2) is 4.68. The van der Waals surface area contributed by atoms with E-state index in [9.17, 15) is 9.59 Å². The molecule has 0 fully saturated rings. The van der Waals surface area contributed by atoms with Crippen LogP contribution in [0, 0.1) is 0 Å².